The molecule has 25 heavy (non-hydrogen) atoms. The number of rotatable bonds is 3. The molecule has 2 aromatic heterocycles. The first-order valence-corrected chi connectivity index (χ1v) is 9.12. The Bertz CT molecular complexity index is 1000. The Kier molecular flexibility index (Phi) is 4.60. The summed E-state index contributed by atoms with van der Waals surface area (Å²) in [5.41, 5.74) is 7.26. The van der Waals surface area contributed by atoms with Crippen molar-refractivity contribution in [3.63, 3.8) is 0 Å². The second kappa shape index (κ2) is 6.42. The normalized spacial score (nSPS) is 13.4. The molecule has 1 unspecified atom stereocenters. The van der Waals surface area contributed by atoms with Crippen LogP contribution in [-0.2, 0) is 6.54 Å². The van der Waals surface area contributed by atoms with Gasteiger partial charge in [0.25, 0.3) is 5.56 Å². The molecule has 0 spiro atoms. The lowest BCUT2D eigenvalue weighted by Gasteiger charge is -2.29. The molecule has 0 saturated carbocycles. The van der Waals surface area contributed by atoms with Gasteiger partial charge in [0.15, 0.2) is 0 Å². The number of nitrogens with two attached hydrogens (primary N) is 1. The lowest BCUT2D eigenvalue weighted by molar-refractivity contribution is 0.359. The highest BCUT2D eigenvalue weighted by molar-refractivity contribution is 9.10. The van der Waals surface area contributed by atoms with Crippen LogP contribution in [0.5, 0.6) is 0 Å². The van der Waals surface area contributed by atoms with Gasteiger partial charge >= 0.3 is 0 Å². The number of nitrogens with one attached hydrogen (secondary N) is 2. The third kappa shape index (κ3) is 3.28. The fourth-order valence-corrected chi connectivity index (χ4v) is 3.09. The first-order chi connectivity index (χ1) is 11.7. The van der Waals surface area contributed by atoms with E-state index in [1.165, 1.54) is 0 Å². The molecule has 3 rings (SSSR count). The topological polar surface area (TPSA) is 83.8 Å². The molecule has 0 amide bonds. The average molecular weight is 403 g/mol. The molecular formula is C19H23BrN4O. The van der Waals surface area contributed by atoms with Crippen molar-refractivity contribution in [3.05, 3.63) is 44.8 Å². The number of hydrogen-bond donors (Lipinski definition) is 3. The summed E-state index contributed by atoms with van der Waals surface area (Å²) < 4.78 is 0.917. The molecule has 0 fully saturated rings. The van der Waals surface area contributed by atoms with E-state index in [2.05, 4.69) is 53.9 Å². The van der Waals surface area contributed by atoms with Crippen LogP contribution in [0, 0.1) is 5.41 Å². The van der Waals surface area contributed by atoms with Crippen molar-refractivity contribution in [2.75, 3.05) is 5.32 Å². The van der Waals surface area contributed by atoms with E-state index in [9.17, 15) is 4.79 Å². The van der Waals surface area contributed by atoms with E-state index < -0.39 is 0 Å². The van der Waals surface area contributed by atoms with Crippen LogP contribution in [0.25, 0.3) is 21.7 Å². The number of aromatic nitrogens is 2. The van der Waals surface area contributed by atoms with Gasteiger partial charge in [-0.05, 0) is 30.5 Å². The average Bonchev–Trinajstić information content (AvgIpc) is 2.53. The van der Waals surface area contributed by atoms with E-state index in [0.717, 1.165) is 26.6 Å². The molecule has 4 N–H and O–H groups in total. The fourth-order valence-electron chi connectivity index (χ4n) is 2.73. The number of nitrogens with zero attached hydrogens (tertiary/aromatic N) is 1. The predicted octanol–water partition coefficient (Wildman–Crippen LogP) is 4.14. The van der Waals surface area contributed by atoms with Gasteiger partial charge in [-0.15, -0.1) is 0 Å². The Morgan fingerprint density at radius 3 is 2.68 bits per heavy atom. The highest BCUT2D eigenvalue weighted by Gasteiger charge is 2.22. The van der Waals surface area contributed by atoms with Crippen LogP contribution in [0.2, 0.25) is 0 Å². The zero-order valence-corrected chi connectivity index (χ0v) is 16.5. The van der Waals surface area contributed by atoms with Gasteiger partial charge < -0.3 is 16.0 Å². The van der Waals surface area contributed by atoms with Crippen LogP contribution in [-0.4, -0.2) is 16.0 Å². The summed E-state index contributed by atoms with van der Waals surface area (Å²) in [5, 5.41) is 5.89. The number of halogens is 1. The van der Waals surface area contributed by atoms with Crippen molar-refractivity contribution in [1.82, 2.24) is 9.97 Å². The summed E-state index contributed by atoms with van der Waals surface area (Å²) in [6.07, 6.45) is 1.65. The molecule has 6 heteroatoms. The molecular weight excluding hydrogens is 380 g/mol. The molecule has 5 nitrogen and oxygen atoms in total. The van der Waals surface area contributed by atoms with Crippen LogP contribution in [0.3, 0.4) is 0 Å². The third-order valence-electron chi connectivity index (χ3n) is 4.75. The lowest BCUT2D eigenvalue weighted by Crippen LogP contribution is -2.31. The Hall–Kier alpha value is -1.92. The van der Waals surface area contributed by atoms with Gasteiger partial charge in [0.05, 0.1) is 10.9 Å². The Morgan fingerprint density at radius 1 is 1.32 bits per heavy atom. The van der Waals surface area contributed by atoms with E-state index >= 15 is 0 Å². The Balaban J connectivity index is 2.38. The highest BCUT2D eigenvalue weighted by atomic mass is 79.9. The molecule has 1 aromatic carbocycles. The maximum atomic E-state index is 12.5. The second-order valence-electron chi connectivity index (χ2n) is 7.45. The zero-order chi connectivity index (χ0) is 18.4. The van der Waals surface area contributed by atoms with Gasteiger partial charge in [0.1, 0.15) is 5.82 Å². The van der Waals surface area contributed by atoms with Crippen molar-refractivity contribution in [2.24, 2.45) is 11.1 Å². The van der Waals surface area contributed by atoms with Crippen molar-refractivity contribution < 1.29 is 0 Å². The van der Waals surface area contributed by atoms with Gasteiger partial charge in [-0.25, -0.2) is 4.98 Å². The van der Waals surface area contributed by atoms with E-state index in [4.69, 9.17) is 10.7 Å². The summed E-state index contributed by atoms with van der Waals surface area (Å²) in [5.74, 6) is 0.776. The second-order valence-corrected chi connectivity index (χ2v) is 8.37. The van der Waals surface area contributed by atoms with Crippen LogP contribution >= 0.6 is 15.9 Å². The quantitative estimate of drug-likeness (QED) is 0.574. The van der Waals surface area contributed by atoms with Crippen LogP contribution in [0.15, 0.2) is 33.7 Å². The van der Waals surface area contributed by atoms with E-state index in [1.54, 1.807) is 6.20 Å². The first kappa shape index (κ1) is 17.9. The molecule has 2 heterocycles. The van der Waals surface area contributed by atoms with Crippen molar-refractivity contribution >= 4 is 43.4 Å². The van der Waals surface area contributed by atoms with Crippen molar-refractivity contribution in [2.45, 2.75) is 40.3 Å². The SMILES string of the molecule is CC(Nc1nc2c(CN)c[nH]c(=O)c2c2cc(Br)ccc12)C(C)(C)C. The highest BCUT2D eigenvalue weighted by Crippen LogP contribution is 2.32. The Labute approximate surface area is 155 Å². The molecule has 0 bridgehead atoms. The summed E-state index contributed by atoms with van der Waals surface area (Å²) in [7, 11) is 0. The maximum absolute atomic E-state index is 12.5. The number of pyridine rings is 2. The van der Waals surface area contributed by atoms with Gasteiger partial charge in [0, 0.05) is 39.6 Å². The third-order valence-corrected chi connectivity index (χ3v) is 5.24. The van der Waals surface area contributed by atoms with Gasteiger partial charge in [-0.2, -0.15) is 0 Å². The molecule has 0 radical (unpaired) electrons. The van der Waals surface area contributed by atoms with E-state index in [0.29, 0.717) is 17.4 Å². The van der Waals surface area contributed by atoms with Gasteiger partial charge in [0.2, 0.25) is 0 Å². The summed E-state index contributed by atoms with van der Waals surface area (Å²) >= 11 is 3.51. The lowest BCUT2D eigenvalue weighted by atomic mass is 9.88. The van der Waals surface area contributed by atoms with Crippen LogP contribution < -0.4 is 16.6 Å². The molecule has 0 aliphatic heterocycles. The maximum Gasteiger partial charge on any atom is 0.258 e. The summed E-state index contributed by atoms with van der Waals surface area (Å²) in [6.45, 7) is 8.99. The first-order valence-electron chi connectivity index (χ1n) is 8.32. The molecule has 0 aliphatic rings. The summed E-state index contributed by atoms with van der Waals surface area (Å²) in [4.78, 5) is 20.1. The fraction of sp³-hybridized carbons (Fsp3) is 0.368. The largest absolute Gasteiger partial charge is 0.367 e. The van der Waals surface area contributed by atoms with E-state index in [-0.39, 0.29) is 17.0 Å². The summed E-state index contributed by atoms with van der Waals surface area (Å²) in [6, 6.07) is 6.11. The number of hydrogen-bond acceptors (Lipinski definition) is 4. The monoisotopic (exact) mass is 402 g/mol. The van der Waals surface area contributed by atoms with Gasteiger partial charge in [-0.3, -0.25) is 4.79 Å². The number of benzene rings is 1. The Morgan fingerprint density at radius 2 is 2.04 bits per heavy atom. The van der Waals surface area contributed by atoms with Gasteiger partial charge in [-0.1, -0.05) is 36.7 Å². The molecule has 3 aromatic rings. The van der Waals surface area contributed by atoms with Crippen LogP contribution in [0.4, 0.5) is 5.82 Å². The minimum absolute atomic E-state index is 0.0726. The van der Waals surface area contributed by atoms with Crippen molar-refractivity contribution in [3.8, 4) is 0 Å². The molecule has 0 saturated heterocycles. The van der Waals surface area contributed by atoms with E-state index in [1.807, 2.05) is 18.2 Å². The molecule has 1 atom stereocenters. The van der Waals surface area contributed by atoms with Crippen molar-refractivity contribution in [1.29, 1.82) is 0 Å². The smallest absolute Gasteiger partial charge is 0.258 e. The standard InChI is InChI=1S/C19H23BrN4O/c1-10(19(2,3)4)23-17-13-6-5-12(20)7-14(13)15-16(24-17)11(8-21)9-22-18(15)25/h5-7,9-10H,8,21H2,1-4H3,(H,22,25)(H,23,24). The number of anilines is 1. The number of H-pyrrole nitrogens is 1. The number of fused-ring (bicyclic) bond motifs is 3. The van der Waals surface area contributed by atoms with Crippen LogP contribution in [0.1, 0.15) is 33.3 Å². The molecule has 0 aliphatic carbocycles. The minimum atomic E-state index is -0.154. The molecule has 132 valence electrons. The zero-order valence-electron chi connectivity index (χ0n) is 14.9. The minimum Gasteiger partial charge on any atom is -0.367 e. The predicted molar refractivity (Wildman–Crippen MR) is 108 cm³/mol. The number of aromatic amines is 1.